The number of nitrogens with zero attached hydrogens (tertiary/aromatic N) is 3. The van der Waals surface area contributed by atoms with E-state index < -0.39 is 15.6 Å². The number of hydrogen-bond acceptors (Lipinski definition) is 8. The van der Waals surface area contributed by atoms with Gasteiger partial charge in [0.25, 0.3) is 0 Å². The molecular weight excluding hydrogens is 490 g/mol. The van der Waals surface area contributed by atoms with Gasteiger partial charge in [0.15, 0.2) is 0 Å². The quantitative estimate of drug-likeness (QED) is 0.386. The van der Waals surface area contributed by atoms with E-state index in [0.29, 0.717) is 29.7 Å². The van der Waals surface area contributed by atoms with E-state index in [1.165, 1.54) is 25.0 Å². The SMILES string of the molecule is Cc1cnc(Nc2ccc(OCCN3CCCC3)cc2)nc1Oc1cccc(S(=O)(=O)NC(C)(C)C)c1. The van der Waals surface area contributed by atoms with Crippen molar-refractivity contribution in [3.63, 3.8) is 0 Å². The van der Waals surface area contributed by atoms with Gasteiger partial charge >= 0.3 is 0 Å². The van der Waals surface area contributed by atoms with Crippen molar-refractivity contribution in [3.8, 4) is 17.4 Å². The highest BCUT2D eigenvalue weighted by atomic mass is 32.2. The first-order valence-corrected chi connectivity index (χ1v) is 13.9. The maximum absolute atomic E-state index is 12.7. The molecule has 1 aromatic heterocycles. The monoisotopic (exact) mass is 525 g/mol. The Hall–Kier alpha value is -3.21. The van der Waals surface area contributed by atoms with Gasteiger partial charge in [-0.2, -0.15) is 4.98 Å². The van der Waals surface area contributed by atoms with Gasteiger partial charge in [-0.3, -0.25) is 4.90 Å². The van der Waals surface area contributed by atoms with Crippen LogP contribution in [0.1, 0.15) is 39.2 Å². The molecular formula is C27H35N5O4S. The van der Waals surface area contributed by atoms with Crippen LogP contribution in [0.2, 0.25) is 0 Å². The zero-order chi connectivity index (χ0) is 26.5. The number of aryl methyl sites for hydroxylation is 1. The summed E-state index contributed by atoms with van der Waals surface area (Å²) >= 11 is 0. The second-order valence-corrected chi connectivity index (χ2v) is 11.8. The third-order valence-corrected chi connectivity index (χ3v) is 7.44. The molecule has 0 aliphatic carbocycles. The summed E-state index contributed by atoms with van der Waals surface area (Å²) in [7, 11) is -3.69. The predicted molar refractivity (Wildman–Crippen MR) is 144 cm³/mol. The van der Waals surface area contributed by atoms with Gasteiger partial charge in [-0.05, 0) is 90.0 Å². The molecule has 10 heteroatoms. The summed E-state index contributed by atoms with van der Waals surface area (Å²) in [6.45, 7) is 11.1. The number of hydrogen-bond donors (Lipinski definition) is 2. The number of anilines is 2. The van der Waals surface area contributed by atoms with Crippen LogP contribution >= 0.6 is 0 Å². The average molecular weight is 526 g/mol. The molecule has 3 aromatic rings. The van der Waals surface area contributed by atoms with E-state index in [9.17, 15) is 8.42 Å². The number of sulfonamides is 1. The molecule has 0 atom stereocenters. The van der Waals surface area contributed by atoms with E-state index in [2.05, 4.69) is 24.9 Å². The molecule has 9 nitrogen and oxygen atoms in total. The Morgan fingerprint density at radius 1 is 1.03 bits per heavy atom. The predicted octanol–water partition coefficient (Wildman–Crippen LogP) is 4.87. The Labute approximate surface area is 219 Å². The fourth-order valence-electron chi connectivity index (χ4n) is 3.93. The van der Waals surface area contributed by atoms with Gasteiger partial charge in [-0.1, -0.05) is 6.07 Å². The fourth-order valence-corrected chi connectivity index (χ4v) is 5.38. The molecule has 2 aromatic carbocycles. The van der Waals surface area contributed by atoms with E-state index in [1.807, 2.05) is 31.2 Å². The second kappa shape index (κ2) is 11.5. The van der Waals surface area contributed by atoms with Gasteiger partial charge in [-0.15, -0.1) is 0 Å². The Morgan fingerprint density at radius 3 is 2.46 bits per heavy atom. The van der Waals surface area contributed by atoms with E-state index >= 15 is 0 Å². The lowest BCUT2D eigenvalue weighted by Crippen LogP contribution is -2.40. The van der Waals surface area contributed by atoms with Crippen molar-refractivity contribution in [1.82, 2.24) is 19.6 Å². The van der Waals surface area contributed by atoms with E-state index in [1.54, 1.807) is 39.1 Å². The van der Waals surface area contributed by atoms with Gasteiger partial charge < -0.3 is 14.8 Å². The number of likely N-dealkylation sites (tertiary alicyclic amines) is 1. The Balaban J connectivity index is 1.39. The summed E-state index contributed by atoms with van der Waals surface area (Å²) in [5.41, 5.74) is 0.925. The molecule has 0 saturated carbocycles. The maximum Gasteiger partial charge on any atom is 0.241 e. The van der Waals surface area contributed by atoms with Gasteiger partial charge in [-0.25, -0.2) is 18.1 Å². The van der Waals surface area contributed by atoms with Crippen molar-refractivity contribution >= 4 is 21.7 Å². The molecule has 0 unspecified atom stereocenters. The van der Waals surface area contributed by atoms with Gasteiger partial charge in [0.2, 0.25) is 21.9 Å². The highest BCUT2D eigenvalue weighted by Gasteiger charge is 2.22. The first-order valence-electron chi connectivity index (χ1n) is 12.5. The Bertz CT molecular complexity index is 1300. The van der Waals surface area contributed by atoms with Crippen LogP contribution in [0, 0.1) is 6.92 Å². The van der Waals surface area contributed by atoms with Gasteiger partial charge in [0, 0.05) is 35.6 Å². The van der Waals surface area contributed by atoms with Crippen LogP contribution < -0.4 is 19.5 Å². The largest absolute Gasteiger partial charge is 0.492 e. The number of ether oxygens (including phenoxy) is 2. The molecule has 4 rings (SSSR count). The maximum atomic E-state index is 12.7. The molecule has 0 bridgehead atoms. The zero-order valence-electron chi connectivity index (χ0n) is 21.8. The standard InChI is InChI=1S/C27H35N5O4S/c1-20-19-28-26(29-21-10-12-22(13-11-21)35-17-16-32-14-5-6-15-32)30-25(20)36-23-8-7-9-24(18-23)37(33,34)31-27(2,3)4/h7-13,18-19,31H,5-6,14-17H2,1-4H3,(H,28,29,30). The lowest BCUT2D eigenvalue weighted by atomic mass is 10.1. The zero-order valence-corrected chi connectivity index (χ0v) is 22.6. The van der Waals surface area contributed by atoms with Crippen molar-refractivity contribution in [3.05, 3.63) is 60.3 Å². The molecule has 2 heterocycles. The third kappa shape index (κ3) is 7.88. The fraction of sp³-hybridized carbons (Fsp3) is 0.407. The molecule has 0 amide bonds. The van der Waals surface area contributed by atoms with Crippen molar-refractivity contribution in [2.24, 2.45) is 0 Å². The Kier molecular flexibility index (Phi) is 8.31. The minimum absolute atomic E-state index is 0.118. The van der Waals surface area contributed by atoms with E-state index in [0.717, 1.165) is 31.1 Å². The van der Waals surface area contributed by atoms with Gasteiger partial charge in [0.1, 0.15) is 18.1 Å². The molecule has 1 saturated heterocycles. The minimum atomic E-state index is -3.69. The summed E-state index contributed by atoms with van der Waals surface area (Å²) in [5, 5.41) is 3.17. The summed E-state index contributed by atoms with van der Waals surface area (Å²) in [6, 6.07) is 14.0. The highest BCUT2D eigenvalue weighted by molar-refractivity contribution is 7.89. The number of nitrogens with one attached hydrogen (secondary N) is 2. The number of aromatic nitrogens is 2. The van der Waals surface area contributed by atoms with Crippen molar-refractivity contribution in [2.45, 2.75) is 51.0 Å². The van der Waals surface area contributed by atoms with Crippen LogP contribution in [0.3, 0.4) is 0 Å². The van der Waals surface area contributed by atoms with Crippen molar-refractivity contribution < 1.29 is 17.9 Å². The molecule has 0 spiro atoms. The molecule has 2 N–H and O–H groups in total. The highest BCUT2D eigenvalue weighted by Crippen LogP contribution is 2.27. The number of benzene rings is 2. The van der Waals surface area contributed by atoms with Crippen molar-refractivity contribution in [2.75, 3.05) is 31.6 Å². The Morgan fingerprint density at radius 2 is 1.76 bits per heavy atom. The molecule has 37 heavy (non-hydrogen) atoms. The summed E-state index contributed by atoms with van der Waals surface area (Å²) < 4.78 is 39.9. The first-order chi connectivity index (χ1) is 17.6. The molecule has 1 aliphatic heterocycles. The third-order valence-electron chi connectivity index (χ3n) is 5.68. The van der Waals surface area contributed by atoms with Crippen LogP contribution in [-0.2, 0) is 10.0 Å². The van der Waals surface area contributed by atoms with Gasteiger partial charge in [0.05, 0.1) is 4.90 Å². The summed E-state index contributed by atoms with van der Waals surface area (Å²) in [5.74, 6) is 1.87. The first kappa shape index (κ1) is 26.8. The molecule has 198 valence electrons. The lowest BCUT2D eigenvalue weighted by Gasteiger charge is -2.20. The van der Waals surface area contributed by atoms with Crippen LogP contribution in [-0.4, -0.2) is 55.1 Å². The topological polar surface area (TPSA) is 106 Å². The molecule has 1 fully saturated rings. The smallest absolute Gasteiger partial charge is 0.241 e. The summed E-state index contributed by atoms with van der Waals surface area (Å²) in [6.07, 6.45) is 4.21. The van der Waals surface area contributed by atoms with Crippen LogP contribution in [0.25, 0.3) is 0 Å². The lowest BCUT2D eigenvalue weighted by molar-refractivity contribution is 0.238. The second-order valence-electron chi connectivity index (χ2n) is 10.2. The van der Waals surface area contributed by atoms with E-state index in [4.69, 9.17) is 9.47 Å². The number of rotatable bonds is 10. The molecule has 0 radical (unpaired) electrons. The van der Waals surface area contributed by atoms with Crippen molar-refractivity contribution in [1.29, 1.82) is 0 Å². The van der Waals surface area contributed by atoms with Crippen LogP contribution in [0.4, 0.5) is 11.6 Å². The summed E-state index contributed by atoms with van der Waals surface area (Å²) in [4.78, 5) is 11.4. The van der Waals surface area contributed by atoms with E-state index in [-0.39, 0.29) is 4.90 Å². The minimum Gasteiger partial charge on any atom is -0.492 e. The van der Waals surface area contributed by atoms with Crippen LogP contribution in [0.5, 0.6) is 17.4 Å². The van der Waals surface area contributed by atoms with Crippen LogP contribution in [0.15, 0.2) is 59.6 Å². The molecule has 1 aliphatic rings. The average Bonchev–Trinajstić information content (AvgIpc) is 3.35. The normalized spacial score (nSPS) is 14.5.